The molecule has 0 saturated heterocycles. The van der Waals surface area contributed by atoms with E-state index >= 15 is 0 Å². The van der Waals surface area contributed by atoms with Crippen LogP contribution in [0.25, 0.3) is 0 Å². The number of carbonyl (C=O) groups excluding carboxylic acids is 1. The molecule has 1 saturated carbocycles. The van der Waals surface area contributed by atoms with Crippen LogP contribution in [-0.2, 0) is 11.3 Å². The first-order chi connectivity index (χ1) is 11.1. The third-order valence-corrected chi connectivity index (χ3v) is 4.94. The second-order valence-corrected chi connectivity index (χ2v) is 6.65. The average molecular weight is 318 g/mol. The summed E-state index contributed by atoms with van der Waals surface area (Å²) in [6, 6.07) is 7.81. The number of hydrogen-bond acceptors (Lipinski definition) is 3. The summed E-state index contributed by atoms with van der Waals surface area (Å²) < 4.78 is 5.39. The third-order valence-electron chi connectivity index (χ3n) is 4.94. The summed E-state index contributed by atoms with van der Waals surface area (Å²) in [6.07, 6.45) is 6.48. The van der Waals surface area contributed by atoms with Crippen LogP contribution in [0.5, 0.6) is 5.75 Å². The predicted octanol–water partition coefficient (Wildman–Crippen LogP) is 3.21. The Balaban J connectivity index is 1.83. The van der Waals surface area contributed by atoms with Gasteiger partial charge in [-0.15, -0.1) is 0 Å². The highest BCUT2D eigenvalue weighted by Crippen LogP contribution is 2.23. The number of rotatable bonds is 7. The maximum atomic E-state index is 12.4. The highest BCUT2D eigenvalue weighted by atomic mass is 16.5. The lowest BCUT2D eigenvalue weighted by Crippen LogP contribution is -2.44. The van der Waals surface area contributed by atoms with Gasteiger partial charge in [-0.2, -0.15) is 0 Å². The zero-order chi connectivity index (χ0) is 16.7. The van der Waals surface area contributed by atoms with Gasteiger partial charge in [0.1, 0.15) is 5.75 Å². The van der Waals surface area contributed by atoms with E-state index in [-0.39, 0.29) is 11.9 Å². The van der Waals surface area contributed by atoms with Crippen LogP contribution < -0.4 is 10.1 Å². The van der Waals surface area contributed by atoms with Crippen molar-refractivity contribution in [3.8, 4) is 5.75 Å². The van der Waals surface area contributed by atoms with E-state index in [1.807, 2.05) is 38.2 Å². The molecule has 1 N–H and O–H groups in total. The number of nitrogens with zero attached hydrogens (tertiary/aromatic N) is 1. The molecule has 128 valence electrons. The minimum absolute atomic E-state index is 0.118. The molecule has 0 aliphatic heterocycles. The summed E-state index contributed by atoms with van der Waals surface area (Å²) in [7, 11) is 3.66. The molecule has 0 radical (unpaired) electrons. The Labute approximate surface area is 140 Å². The van der Waals surface area contributed by atoms with Crippen LogP contribution in [0.4, 0.5) is 0 Å². The summed E-state index contributed by atoms with van der Waals surface area (Å²) in [4.78, 5) is 14.5. The van der Waals surface area contributed by atoms with Crippen LogP contribution in [0.1, 0.15) is 44.6 Å². The van der Waals surface area contributed by atoms with Crippen LogP contribution >= 0.6 is 0 Å². The molecular weight excluding hydrogens is 288 g/mol. The average Bonchev–Trinajstić information content (AvgIpc) is 2.60. The lowest BCUT2D eigenvalue weighted by molar-refractivity contribution is -0.125. The summed E-state index contributed by atoms with van der Waals surface area (Å²) >= 11 is 0. The predicted molar refractivity (Wildman–Crippen MR) is 93.5 cm³/mol. The van der Waals surface area contributed by atoms with Crippen molar-refractivity contribution in [1.82, 2.24) is 10.2 Å². The molecule has 1 aromatic rings. The second kappa shape index (κ2) is 8.92. The van der Waals surface area contributed by atoms with Crippen molar-refractivity contribution < 1.29 is 9.53 Å². The smallest absolute Gasteiger partial charge is 0.237 e. The molecule has 0 bridgehead atoms. The van der Waals surface area contributed by atoms with Gasteiger partial charge in [-0.1, -0.05) is 37.5 Å². The minimum atomic E-state index is -0.150. The number of carbonyl (C=O) groups is 1. The van der Waals surface area contributed by atoms with E-state index in [1.54, 1.807) is 7.11 Å². The van der Waals surface area contributed by atoms with Crippen LogP contribution in [0, 0.1) is 5.92 Å². The monoisotopic (exact) mass is 318 g/mol. The fraction of sp³-hybridized carbons (Fsp3) is 0.632. The topological polar surface area (TPSA) is 41.6 Å². The van der Waals surface area contributed by atoms with E-state index in [0.717, 1.165) is 17.9 Å². The summed E-state index contributed by atoms with van der Waals surface area (Å²) in [5.74, 6) is 1.65. The zero-order valence-electron chi connectivity index (χ0n) is 14.7. The number of benzene rings is 1. The largest absolute Gasteiger partial charge is 0.496 e. The molecular formula is C19H30N2O2. The van der Waals surface area contributed by atoms with Crippen LogP contribution in [-0.4, -0.2) is 37.6 Å². The number of para-hydroxylation sites is 1. The van der Waals surface area contributed by atoms with Gasteiger partial charge in [-0.3, -0.25) is 9.69 Å². The van der Waals surface area contributed by atoms with E-state index in [9.17, 15) is 4.79 Å². The molecule has 1 aliphatic carbocycles. The van der Waals surface area contributed by atoms with Crippen molar-refractivity contribution in [2.24, 2.45) is 5.92 Å². The van der Waals surface area contributed by atoms with Crippen molar-refractivity contribution in [1.29, 1.82) is 0 Å². The number of ether oxygens (including phenoxy) is 1. The fourth-order valence-electron chi connectivity index (χ4n) is 3.22. The molecule has 1 amide bonds. The first kappa shape index (κ1) is 17.8. The quantitative estimate of drug-likeness (QED) is 0.839. The van der Waals surface area contributed by atoms with E-state index < -0.39 is 0 Å². The van der Waals surface area contributed by atoms with Crippen LogP contribution in [0.2, 0.25) is 0 Å². The molecule has 23 heavy (non-hydrogen) atoms. The molecule has 0 unspecified atom stereocenters. The van der Waals surface area contributed by atoms with Gasteiger partial charge in [0.15, 0.2) is 0 Å². The Hall–Kier alpha value is -1.55. The van der Waals surface area contributed by atoms with Crippen molar-refractivity contribution in [2.45, 2.75) is 51.6 Å². The molecule has 1 fully saturated rings. The van der Waals surface area contributed by atoms with Gasteiger partial charge in [-0.05, 0) is 38.8 Å². The van der Waals surface area contributed by atoms with Gasteiger partial charge in [0, 0.05) is 18.7 Å². The summed E-state index contributed by atoms with van der Waals surface area (Å²) in [6.45, 7) is 3.49. The number of hydrogen-bond donors (Lipinski definition) is 1. The fourth-order valence-corrected chi connectivity index (χ4v) is 3.22. The normalized spacial score (nSPS) is 17.0. The third kappa shape index (κ3) is 5.24. The van der Waals surface area contributed by atoms with Gasteiger partial charge >= 0.3 is 0 Å². The van der Waals surface area contributed by atoms with Gasteiger partial charge in [0.2, 0.25) is 5.91 Å². The first-order valence-corrected chi connectivity index (χ1v) is 8.71. The van der Waals surface area contributed by atoms with E-state index in [2.05, 4.69) is 10.2 Å². The Bertz CT molecular complexity index is 498. The molecule has 0 heterocycles. The van der Waals surface area contributed by atoms with Crippen molar-refractivity contribution >= 4 is 5.91 Å². The molecule has 0 aromatic heterocycles. The minimum Gasteiger partial charge on any atom is -0.496 e. The Morgan fingerprint density at radius 1 is 1.30 bits per heavy atom. The van der Waals surface area contributed by atoms with Crippen molar-refractivity contribution in [3.05, 3.63) is 29.8 Å². The summed E-state index contributed by atoms with van der Waals surface area (Å²) in [5, 5.41) is 3.14. The molecule has 4 nitrogen and oxygen atoms in total. The van der Waals surface area contributed by atoms with Crippen molar-refractivity contribution in [3.63, 3.8) is 0 Å². The van der Waals surface area contributed by atoms with E-state index in [1.165, 1.54) is 32.1 Å². The van der Waals surface area contributed by atoms with Crippen LogP contribution in [0.3, 0.4) is 0 Å². The Morgan fingerprint density at radius 3 is 2.70 bits per heavy atom. The molecule has 1 aliphatic rings. The standard InChI is InChI=1S/C19H30N2O2/c1-15(19(22)20-13-16-9-5-4-6-10-16)21(2)14-17-11-7-8-12-18(17)23-3/h7-8,11-12,15-16H,4-6,9-10,13-14H2,1-3H3,(H,20,22)/t15-/m1/s1. The lowest BCUT2D eigenvalue weighted by Gasteiger charge is -2.26. The zero-order valence-corrected chi connectivity index (χ0v) is 14.7. The van der Waals surface area contributed by atoms with Gasteiger partial charge in [0.25, 0.3) is 0 Å². The number of likely N-dealkylation sites (N-methyl/N-ethyl adjacent to an activating group) is 1. The lowest BCUT2D eigenvalue weighted by atomic mass is 9.89. The molecule has 1 aromatic carbocycles. The van der Waals surface area contributed by atoms with Gasteiger partial charge in [0.05, 0.1) is 13.2 Å². The maximum absolute atomic E-state index is 12.4. The molecule has 0 spiro atoms. The highest BCUT2D eigenvalue weighted by Gasteiger charge is 2.21. The number of methoxy groups -OCH3 is 1. The highest BCUT2D eigenvalue weighted by molar-refractivity contribution is 5.81. The van der Waals surface area contributed by atoms with Gasteiger partial charge < -0.3 is 10.1 Å². The SMILES string of the molecule is COc1ccccc1CN(C)[C@H](C)C(=O)NCC1CCCCC1. The Morgan fingerprint density at radius 2 is 2.00 bits per heavy atom. The number of amides is 1. The number of nitrogens with one attached hydrogen (secondary N) is 1. The van der Waals surface area contributed by atoms with E-state index in [0.29, 0.717) is 12.5 Å². The van der Waals surface area contributed by atoms with Gasteiger partial charge in [-0.25, -0.2) is 0 Å². The van der Waals surface area contributed by atoms with Crippen LogP contribution in [0.15, 0.2) is 24.3 Å². The second-order valence-electron chi connectivity index (χ2n) is 6.65. The maximum Gasteiger partial charge on any atom is 0.237 e. The molecule has 2 rings (SSSR count). The van der Waals surface area contributed by atoms with Crippen molar-refractivity contribution in [2.75, 3.05) is 20.7 Å². The molecule has 4 heteroatoms. The summed E-state index contributed by atoms with van der Waals surface area (Å²) in [5.41, 5.74) is 1.10. The molecule has 1 atom stereocenters. The van der Waals surface area contributed by atoms with E-state index in [4.69, 9.17) is 4.74 Å². The first-order valence-electron chi connectivity index (χ1n) is 8.71. The Kier molecular flexibility index (Phi) is 6.90.